The number of nitrogens with one attached hydrogen (secondary N) is 1. The predicted octanol–water partition coefficient (Wildman–Crippen LogP) is 1.97. The van der Waals surface area contributed by atoms with Gasteiger partial charge < -0.3 is 0 Å². The molecule has 0 saturated heterocycles. The Balaban J connectivity index is 4.08. The van der Waals surface area contributed by atoms with E-state index in [0.29, 0.717) is 18.2 Å². The van der Waals surface area contributed by atoms with Crippen LogP contribution in [0.4, 0.5) is 0 Å². The SMILES string of the molecule is CCC(C)C(C)NS(=O)(=O)CCCCl. The number of halogens is 1. The van der Waals surface area contributed by atoms with Crippen LogP contribution < -0.4 is 4.72 Å². The average molecular weight is 242 g/mol. The molecule has 0 bridgehead atoms. The first-order valence-corrected chi connectivity index (χ1v) is 7.17. The zero-order valence-electron chi connectivity index (χ0n) is 9.09. The van der Waals surface area contributed by atoms with Gasteiger partial charge in [0.2, 0.25) is 10.0 Å². The lowest BCUT2D eigenvalue weighted by atomic mass is 10.0. The Morgan fingerprint density at radius 1 is 1.36 bits per heavy atom. The third-order valence-corrected chi connectivity index (χ3v) is 4.23. The monoisotopic (exact) mass is 241 g/mol. The molecule has 3 nitrogen and oxygen atoms in total. The summed E-state index contributed by atoms with van der Waals surface area (Å²) in [5, 5.41) is 0. The van der Waals surface area contributed by atoms with E-state index in [9.17, 15) is 8.42 Å². The fourth-order valence-corrected chi connectivity index (χ4v) is 2.79. The minimum Gasteiger partial charge on any atom is -0.212 e. The normalized spacial score (nSPS) is 16.6. The summed E-state index contributed by atoms with van der Waals surface area (Å²) >= 11 is 5.44. The van der Waals surface area contributed by atoms with Crippen molar-refractivity contribution in [3.63, 3.8) is 0 Å². The second kappa shape index (κ2) is 6.64. The van der Waals surface area contributed by atoms with E-state index < -0.39 is 10.0 Å². The molecule has 0 rings (SSSR count). The van der Waals surface area contributed by atoms with E-state index in [0.717, 1.165) is 6.42 Å². The summed E-state index contributed by atoms with van der Waals surface area (Å²) in [7, 11) is -3.13. The molecule has 2 unspecified atom stereocenters. The molecule has 0 aliphatic carbocycles. The van der Waals surface area contributed by atoms with Gasteiger partial charge in [-0.05, 0) is 19.3 Å². The van der Waals surface area contributed by atoms with Crippen LogP contribution in [0.25, 0.3) is 0 Å². The van der Waals surface area contributed by atoms with Crippen molar-refractivity contribution in [1.82, 2.24) is 4.72 Å². The Morgan fingerprint density at radius 2 is 1.93 bits per heavy atom. The minimum absolute atomic E-state index is 0.000301. The summed E-state index contributed by atoms with van der Waals surface area (Å²) < 4.78 is 25.6. The molecule has 0 aromatic rings. The smallest absolute Gasteiger partial charge is 0.211 e. The lowest BCUT2D eigenvalue weighted by molar-refractivity contribution is 0.434. The van der Waals surface area contributed by atoms with E-state index in [1.54, 1.807) is 0 Å². The van der Waals surface area contributed by atoms with Crippen molar-refractivity contribution in [1.29, 1.82) is 0 Å². The molecule has 86 valence electrons. The van der Waals surface area contributed by atoms with Gasteiger partial charge >= 0.3 is 0 Å². The highest BCUT2D eigenvalue weighted by atomic mass is 35.5. The largest absolute Gasteiger partial charge is 0.212 e. The van der Waals surface area contributed by atoms with Crippen molar-refractivity contribution in [2.45, 2.75) is 39.7 Å². The van der Waals surface area contributed by atoms with Gasteiger partial charge in [-0.15, -0.1) is 11.6 Å². The van der Waals surface area contributed by atoms with Crippen LogP contribution in [0.15, 0.2) is 0 Å². The minimum atomic E-state index is -3.13. The van der Waals surface area contributed by atoms with Crippen molar-refractivity contribution in [3.05, 3.63) is 0 Å². The Morgan fingerprint density at radius 3 is 2.36 bits per heavy atom. The number of alkyl halides is 1. The number of sulfonamides is 1. The van der Waals surface area contributed by atoms with E-state index in [2.05, 4.69) is 4.72 Å². The van der Waals surface area contributed by atoms with E-state index in [1.165, 1.54) is 0 Å². The molecule has 0 saturated carbocycles. The van der Waals surface area contributed by atoms with E-state index in [-0.39, 0.29) is 11.8 Å². The summed E-state index contributed by atoms with van der Waals surface area (Å²) in [5.41, 5.74) is 0. The van der Waals surface area contributed by atoms with Gasteiger partial charge in [-0.2, -0.15) is 0 Å². The number of hydrogen-bond donors (Lipinski definition) is 1. The molecule has 14 heavy (non-hydrogen) atoms. The van der Waals surface area contributed by atoms with Gasteiger partial charge in [0.05, 0.1) is 5.75 Å². The summed E-state index contributed by atoms with van der Waals surface area (Å²) in [6, 6.07) is 0.000301. The van der Waals surface area contributed by atoms with Crippen LogP contribution in [-0.4, -0.2) is 26.1 Å². The molecule has 0 heterocycles. The lowest BCUT2D eigenvalue weighted by Gasteiger charge is -2.19. The van der Waals surface area contributed by atoms with Crippen LogP contribution in [0.3, 0.4) is 0 Å². The second-order valence-electron chi connectivity index (χ2n) is 3.65. The molecule has 0 spiro atoms. The molecule has 2 atom stereocenters. The topological polar surface area (TPSA) is 46.2 Å². The van der Waals surface area contributed by atoms with E-state index in [1.807, 2.05) is 20.8 Å². The van der Waals surface area contributed by atoms with Crippen molar-refractivity contribution >= 4 is 21.6 Å². The van der Waals surface area contributed by atoms with Crippen LogP contribution in [0.2, 0.25) is 0 Å². The van der Waals surface area contributed by atoms with Gasteiger partial charge in [-0.1, -0.05) is 20.3 Å². The van der Waals surface area contributed by atoms with E-state index >= 15 is 0 Å². The second-order valence-corrected chi connectivity index (χ2v) is 5.90. The quantitative estimate of drug-likeness (QED) is 0.693. The van der Waals surface area contributed by atoms with Gasteiger partial charge in [0.25, 0.3) is 0 Å². The first-order chi connectivity index (χ1) is 6.43. The molecule has 0 aliphatic rings. The molecule has 0 amide bonds. The summed E-state index contributed by atoms with van der Waals surface area (Å²) in [6.45, 7) is 5.98. The molecule has 1 N–H and O–H groups in total. The van der Waals surface area contributed by atoms with E-state index in [4.69, 9.17) is 11.6 Å². The maximum absolute atomic E-state index is 11.5. The van der Waals surface area contributed by atoms with Crippen LogP contribution in [0, 0.1) is 5.92 Å². The van der Waals surface area contributed by atoms with Gasteiger partial charge in [0.15, 0.2) is 0 Å². The first-order valence-electron chi connectivity index (χ1n) is 4.99. The van der Waals surface area contributed by atoms with Crippen LogP contribution >= 0.6 is 11.6 Å². The number of rotatable bonds is 7. The summed E-state index contributed by atoms with van der Waals surface area (Å²) in [4.78, 5) is 0. The molecule has 0 radical (unpaired) electrons. The van der Waals surface area contributed by atoms with Crippen molar-refractivity contribution < 1.29 is 8.42 Å². The highest BCUT2D eigenvalue weighted by Gasteiger charge is 2.17. The number of hydrogen-bond acceptors (Lipinski definition) is 2. The Labute approximate surface area is 92.3 Å². The summed E-state index contributed by atoms with van der Waals surface area (Å²) in [6.07, 6.45) is 1.48. The zero-order chi connectivity index (χ0) is 11.2. The average Bonchev–Trinajstić information content (AvgIpc) is 2.12. The highest BCUT2D eigenvalue weighted by molar-refractivity contribution is 7.89. The highest BCUT2D eigenvalue weighted by Crippen LogP contribution is 2.08. The predicted molar refractivity (Wildman–Crippen MR) is 61.2 cm³/mol. The maximum atomic E-state index is 11.5. The molecule has 5 heteroatoms. The molecular formula is C9H20ClNO2S. The third-order valence-electron chi connectivity index (χ3n) is 2.41. The lowest BCUT2D eigenvalue weighted by Crippen LogP contribution is -2.38. The van der Waals surface area contributed by atoms with Crippen LogP contribution in [0.5, 0.6) is 0 Å². The zero-order valence-corrected chi connectivity index (χ0v) is 10.7. The Hall–Kier alpha value is 0.200. The van der Waals surface area contributed by atoms with Gasteiger partial charge in [0.1, 0.15) is 0 Å². The molecule has 0 aliphatic heterocycles. The van der Waals surface area contributed by atoms with Crippen LogP contribution in [-0.2, 0) is 10.0 Å². The fraction of sp³-hybridized carbons (Fsp3) is 1.00. The standard InChI is InChI=1S/C9H20ClNO2S/c1-4-8(2)9(3)11-14(12,13)7-5-6-10/h8-9,11H,4-7H2,1-3H3. The van der Waals surface area contributed by atoms with Crippen LogP contribution in [0.1, 0.15) is 33.6 Å². The van der Waals surface area contributed by atoms with Gasteiger partial charge in [0, 0.05) is 11.9 Å². The van der Waals surface area contributed by atoms with Gasteiger partial charge in [-0.25, -0.2) is 13.1 Å². The summed E-state index contributed by atoms with van der Waals surface area (Å²) in [5.74, 6) is 0.872. The molecular weight excluding hydrogens is 222 g/mol. The third kappa shape index (κ3) is 5.83. The first kappa shape index (κ1) is 14.2. The molecule has 0 aromatic heterocycles. The Kier molecular flexibility index (Phi) is 6.74. The molecule has 0 fully saturated rings. The Bertz CT molecular complexity index is 241. The fourth-order valence-electron chi connectivity index (χ4n) is 1.06. The van der Waals surface area contributed by atoms with Crippen molar-refractivity contribution in [3.8, 4) is 0 Å². The van der Waals surface area contributed by atoms with Crippen molar-refractivity contribution in [2.24, 2.45) is 5.92 Å². The molecule has 0 aromatic carbocycles. The maximum Gasteiger partial charge on any atom is 0.211 e. The van der Waals surface area contributed by atoms with Crippen molar-refractivity contribution in [2.75, 3.05) is 11.6 Å². The van der Waals surface area contributed by atoms with Gasteiger partial charge in [-0.3, -0.25) is 0 Å².